The molecule has 0 radical (unpaired) electrons. The minimum Gasteiger partial charge on any atom is -0.480 e. The Morgan fingerprint density at radius 3 is 2.95 bits per heavy atom. The molecule has 2 rings (SSSR count). The molecule has 3 heteroatoms. The van der Waals surface area contributed by atoms with Gasteiger partial charge in [0.15, 0.2) is 0 Å². The summed E-state index contributed by atoms with van der Waals surface area (Å²) in [4.78, 5) is 1.93. The van der Waals surface area contributed by atoms with Crippen LogP contribution in [0, 0.1) is 18.2 Å². The van der Waals surface area contributed by atoms with E-state index in [4.69, 9.17) is 11.2 Å². The average Bonchev–Trinajstić information content (AvgIpc) is 2.45. The quantitative estimate of drug-likeness (QED) is 0.775. The van der Waals surface area contributed by atoms with E-state index in [9.17, 15) is 4.39 Å². The Bertz CT molecular complexity index is 622. The summed E-state index contributed by atoms with van der Waals surface area (Å²) in [7, 11) is 0. The van der Waals surface area contributed by atoms with E-state index in [1.807, 2.05) is 30.1 Å². The van der Waals surface area contributed by atoms with Gasteiger partial charge < -0.3 is 9.64 Å². The maximum absolute atomic E-state index is 14.2. The second-order valence-electron chi connectivity index (χ2n) is 4.25. The van der Waals surface area contributed by atoms with Crippen LogP contribution < -0.4 is 4.74 Å². The summed E-state index contributed by atoms with van der Waals surface area (Å²) in [5.41, 5.74) is 1.95. The molecule has 0 atom stereocenters. The highest BCUT2D eigenvalue weighted by molar-refractivity contribution is 5.74. The van der Waals surface area contributed by atoms with Crippen LogP contribution in [0.5, 0.6) is 5.75 Å². The van der Waals surface area contributed by atoms with Crippen molar-refractivity contribution in [2.45, 2.75) is 6.92 Å². The van der Waals surface area contributed by atoms with Crippen LogP contribution in [0.3, 0.4) is 0 Å². The molecule has 1 heterocycles. The molecule has 0 fully saturated rings. The first kappa shape index (κ1) is 14.0. The van der Waals surface area contributed by atoms with Gasteiger partial charge in [0.05, 0.1) is 11.3 Å². The Hall–Kier alpha value is -2.47. The van der Waals surface area contributed by atoms with Crippen molar-refractivity contribution in [1.29, 1.82) is 0 Å². The molecule has 20 heavy (non-hydrogen) atoms. The van der Waals surface area contributed by atoms with E-state index in [1.165, 1.54) is 6.07 Å². The smallest absolute Gasteiger partial charge is 0.148 e. The van der Waals surface area contributed by atoms with Crippen LogP contribution in [-0.4, -0.2) is 18.1 Å². The predicted octanol–water partition coefficient (Wildman–Crippen LogP) is 3.58. The fraction of sp³-hybridized carbons (Fsp3) is 0.176. The lowest BCUT2D eigenvalue weighted by molar-refractivity contribution is 0.364. The predicted molar refractivity (Wildman–Crippen MR) is 79.4 cm³/mol. The Kier molecular flexibility index (Phi) is 4.27. The molecule has 0 N–H and O–H groups in total. The molecular weight excluding hydrogens is 253 g/mol. The Balaban J connectivity index is 2.51. The van der Waals surface area contributed by atoms with Crippen molar-refractivity contribution >= 4 is 5.70 Å². The van der Waals surface area contributed by atoms with Gasteiger partial charge in [0.2, 0.25) is 0 Å². The highest BCUT2D eigenvalue weighted by atomic mass is 19.1. The molecule has 0 amide bonds. The number of benzene rings is 1. The summed E-state index contributed by atoms with van der Waals surface area (Å²) in [5.74, 6) is 2.49. The van der Waals surface area contributed by atoms with Crippen molar-refractivity contribution in [3.63, 3.8) is 0 Å². The van der Waals surface area contributed by atoms with Gasteiger partial charge in [-0.15, -0.1) is 6.42 Å². The first-order valence-corrected chi connectivity index (χ1v) is 6.39. The minimum absolute atomic E-state index is 0.104. The van der Waals surface area contributed by atoms with Gasteiger partial charge in [0, 0.05) is 12.2 Å². The summed E-state index contributed by atoms with van der Waals surface area (Å²) in [6.07, 6.45) is 10.8. The number of hydrogen-bond acceptors (Lipinski definition) is 2. The second-order valence-corrected chi connectivity index (χ2v) is 4.25. The number of rotatable bonds is 4. The minimum atomic E-state index is -0.340. The van der Waals surface area contributed by atoms with Crippen LogP contribution in [0.15, 0.2) is 48.7 Å². The zero-order valence-corrected chi connectivity index (χ0v) is 11.4. The average molecular weight is 269 g/mol. The Labute approximate surface area is 118 Å². The van der Waals surface area contributed by atoms with E-state index in [0.29, 0.717) is 17.9 Å². The maximum Gasteiger partial charge on any atom is 0.148 e. The van der Waals surface area contributed by atoms with Crippen molar-refractivity contribution in [2.24, 2.45) is 0 Å². The summed E-state index contributed by atoms with van der Waals surface area (Å²) >= 11 is 0. The molecule has 0 unspecified atom stereocenters. The molecule has 0 aromatic heterocycles. The van der Waals surface area contributed by atoms with Crippen LogP contribution >= 0.6 is 0 Å². The van der Waals surface area contributed by atoms with Crippen molar-refractivity contribution in [2.75, 3.05) is 13.2 Å². The summed E-state index contributed by atoms with van der Waals surface area (Å²) in [6.45, 7) is 6.75. The molecule has 0 saturated heterocycles. The maximum atomic E-state index is 14.2. The SMILES string of the molecule is C#CCOc1cccc(F)c1C1=CC=CC(=C)N1CC. The Morgan fingerprint density at radius 1 is 1.45 bits per heavy atom. The number of nitrogens with zero attached hydrogens (tertiary/aromatic N) is 1. The molecule has 0 aliphatic carbocycles. The first-order chi connectivity index (χ1) is 9.69. The van der Waals surface area contributed by atoms with Crippen LogP contribution in [-0.2, 0) is 0 Å². The van der Waals surface area contributed by atoms with Crippen molar-refractivity contribution in [3.8, 4) is 18.1 Å². The summed E-state index contributed by atoms with van der Waals surface area (Å²) in [5, 5.41) is 0. The third kappa shape index (κ3) is 2.60. The summed E-state index contributed by atoms with van der Waals surface area (Å²) in [6, 6.07) is 4.73. The fourth-order valence-corrected chi connectivity index (χ4v) is 2.17. The van der Waals surface area contributed by atoms with Crippen molar-refractivity contribution in [3.05, 3.63) is 60.1 Å². The standard InChI is InChI=1S/C17H16FNO/c1-4-12-20-16-11-7-9-14(18)17(16)15-10-6-8-13(3)19(15)5-2/h1,6-11H,3,5,12H2,2H3. The van der Waals surface area contributed by atoms with E-state index >= 15 is 0 Å². The topological polar surface area (TPSA) is 12.5 Å². The van der Waals surface area contributed by atoms with Crippen LogP contribution in [0.25, 0.3) is 5.70 Å². The van der Waals surface area contributed by atoms with Gasteiger partial charge in [0.1, 0.15) is 18.2 Å². The number of allylic oxidation sites excluding steroid dienone is 3. The van der Waals surface area contributed by atoms with Gasteiger partial charge in [0.25, 0.3) is 0 Å². The molecular formula is C17H16FNO. The van der Waals surface area contributed by atoms with Crippen molar-refractivity contribution in [1.82, 2.24) is 4.90 Å². The monoisotopic (exact) mass is 269 g/mol. The molecule has 1 aliphatic heterocycles. The third-order valence-electron chi connectivity index (χ3n) is 3.04. The number of halogens is 1. The van der Waals surface area contributed by atoms with Gasteiger partial charge in [-0.3, -0.25) is 0 Å². The van der Waals surface area contributed by atoms with Crippen LogP contribution in [0.1, 0.15) is 12.5 Å². The molecule has 1 aliphatic rings. The van der Waals surface area contributed by atoms with Crippen molar-refractivity contribution < 1.29 is 9.13 Å². The zero-order chi connectivity index (χ0) is 14.5. The van der Waals surface area contributed by atoms with Gasteiger partial charge in [-0.25, -0.2) is 4.39 Å². The number of ether oxygens (including phenoxy) is 1. The van der Waals surface area contributed by atoms with Gasteiger partial charge in [-0.1, -0.05) is 24.6 Å². The van der Waals surface area contributed by atoms with Crippen LogP contribution in [0.2, 0.25) is 0 Å². The van der Waals surface area contributed by atoms with E-state index in [-0.39, 0.29) is 12.4 Å². The Morgan fingerprint density at radius 2 is 2.25 bits per heavy atom. The number of likely N-dealkylation sites (N-methyl/N-ethyl adjacent to an activating group) is 1. The highest BCUT2D eigenvalue weighted by Crippen LogP contribution is 2.34. The lowest BCUT2D eigenvalue weighted by Crippen LogP contribution is -2.22. The molecule has 2 nitrogen and oxygen atoms in total. The normalized spacial score (nSPS) is 13.9. The van der Waals surface area contributed by atoms with Gasteiger partial charge in [-0.05, 0) is 31.2 Å². The van der Waals surface area contributed by atoms with E-state index in [2.05, 4.69) is 12.5 Å². The molecule has 1 aromatic rings. The summed E-state index contributed by atoms with van der Waals surface area (Å²) < 4.78 is 19.7. The lowest BCUT2D eigenvalue weighted by atomic mass is 10.0. The largest absolute Gasteiger partial charge is 0.480 e. The van der Waals surface area contributed by atoms with E-state index in [1.54, 1.807) is 12.1 Å². The molecule has 0 bridgehead atoms. The van der Waals surface area contributed by atoms with E-state index in [0.717, 1.165) is 11.4 Å². The number of hydrogen-bond donors (Lipinski definition) is 0. The molecule has 0 saturated carbocycles. The molecule has 0 spiro atoms. The van der Waals surface area contributed by atoms with E-state index < -0.39 is 0 Å². The van der Waals surface area contributed by atoms with Gasteiger partial charge >= 0.3 is 0 Å². The lowest BCUT2D eigenvalue weighted by Gasteiger charge is -2.29. The fourth-order valence-electron chi connectivity index (χ4n) is 2.17. The highest BCUT2D eigenvalue weighted by Gasteiger charge is 2.21. The zero-order valence-electron chi connectivity index (χ0n) is 11.4. The third-order valence-corrected chi connectivity index (χ3v) is 3.04. The first-order valence-electron chi connectivity index (χ1n) is 6.39. The van der Waals surface area contributed by atoms with Crippen LogP contribution in [0.4, 0.5) is 4.39 Å². The molecule has 102 valence electrons. The number of terminal acetylenes is 1. The van der Waals surface area contributed by atoms with Gasteiger partial charge in [-0.2, -0.15) is 0 Å². The molecule has 1 aromatic carbocycles. The second kappa shape index (κ2) is 6.12.